The van der Waals surface area contributed by atoms with Crippen molar-refractivity contribution in [3.05, 3.63) is 0 Å². The Morgan fingerprint density at radius 3 is 1.39 bits per heavy atom. The van der Waals surface area contributed by atoms with Crippen LogP contribution in [0, 0.1) is 0 Å². The topological polar surface area (TPSA) is 58.6 Å². The Hall–Kier alpha value is 0.668. The van der Waals surface area contributed by atoms with Gasteiger partial charge in [-0.1, -0.05) is 64.7 Å². The monoisotopic (exact) mass is 482 g/mol. The standard InChI is InChI=1S/C22H49AsO4P/c1-5-6-7-8-9-10-11-12-13-14-15-16-17-18-19-21-26-28(24,25)27-22-20-23(2,3)4/h5-22H2,1-4H3,(H,24,25)/p-1. The van der Waals surface area contributed by atoms with E-state index >= 15 is 0 Å². The second-order valence-electron chi connectivity index (χ2n) is 9.08. The molecule has 1 radical (unpaired) electrons. The van der Waals surface area contributed by atoms with Crippen molar-refractivity contribution >= 4 is 21.4 Å². The average Bonchev–Trinajstić information content (AvgIpc) is 2.60. The van der Waals surface area contributed by atoms with Crippen LogP contribution >= 0.6 is 7.82 Å². The molecular weight excluding hydrogens is 434 g/mol. The van der Waals surface area contributed by atoms with Crippen molar-refractivity contribution in [2.75, 3.05) is 13.2 Å². The number of phosphoric acid groups is 1. The van der Waals surface area contributed by atoms with Crippen molar-refractivity contribution in [2.45, 2.75) is 126 Å². The molecule has 0 heterocycles. The third kappa shape index (κ3) is 23.0. The van der Waals surface area contributed by atoms with E-state index in [9.17, 15) is 9.46 Å². The maximum absolute atomic E-state index is 11.7. The third-order valence-corrected chi connectivity index (χ3v) is 9.20. The zero-order valence-electron chi connectivity index (χ0n) is 19.3. The molecule has 0 aliphatic heterocycles. The van der Waals surface area contributed by atoms with Gasteiger partial charge in [0, 0.05) is 0 Å². The SMILES string of the molecule is CCCCCCCCCCCCCCCCCOP(=O)([O-])OCC[As](C)(C)C. The molecule has 1 atom stereocenters. The number of phosphoric ester groups is 1. The summed E-state index contributed by atoms with van der Waals surface area (Å²) in [4.78, 5) is 11.7. The first-order valence-corrected chi connectivity index (χ1v) is 20.1. The van der Waals surface area contributed by atoms with Crippen LogP contribution in [0.1, 0.15) is 103 Å². The van der Waals surface area contributed by atoms with Crippen LogP contribution in [0.4, 0.5) is 0 Å². The molecule has 4 nitrogen and oxygen atoms in total. The van der Waals surface area contributed by atoms with Crippen molar-refractivity contribution in [1.29, 1.82) is 0 Å². The number of rotatable bonds is 21. The fraction of sp³-hybridized carbons (Fsp3) is 1.00. The molecule has 0 aliphatic carbocycles. The van der Waals surface area contributed by atoms with E-state index in [2.05, 4.69) is 24.1 Å². The summed E-state index contributed by atoms with van der Waals surface area (Å²) in [6.45, 7) is 2.80. The molecule has 0 bridgehead atoms. The molecule has 0 rings (SSSR count). The summed E-state index contributed by atoms with van der Waals surface area (Å²) in [6, 6.07) is 0. The molecule has 1 unspecified atom stereocenters. The zero-order chi connectivity index (χ0) is 21.1. The number of unbranched alkanes of at least 4 members (excludes halogenated alkanes) is 14. The van der Waals surface area contributed by atoms with Gasteiger partial charge in [0.15, 0.2) is 0 Å². The third-order valence-electron chi connectivity index (χ3n) is 5.01. The van der Waals surface area contributed by atoms with E-state index in [-0.39, 0.29) is 13.2 Å². The Morgan fingerprint density at radius 1 is 0.643 bits per heavy atom. The Morgan fingerprint density at radius 2 is 1.00 bits per heavy atom. The van der Waals surface area contributed by atoms with Crippen LogP contribution in [0.2, 0.25) is 22.3 Å². The van der Waals surface area contributed by atoms with Crippen LogP contribution in [0.3, 0.4) is 0 Å². The quantitative estimate of drug-likeness (QED) is 0.0956. The van der Waals surface area contributed by atoms with Gasteiger partial charge >= 0.3 is 114 Å². The molecule has 0 N–H and O–H groups in total. The summed E-state index contributed by atoms with van der Waals surface area (Å²) in [5, 5.41) is 0.868. The average molecular weight is 483 g/mol. The molecule has 171 valence electrons. The van der Waals surface area contributed by atoms with Crippen molar-refractivity contribution in [2.24, 2.45) is 0 Å². The van der Waals surface area contributed by atoms with Gasteiger partial charge < -0.3 is 0 Å². The molecule has 0 aliphatic rings. The first kappa shape index (κ1) is 28.7. The fourth-order valence-corrected chi connectivity index (χ4v) is 5.51. The summed E-state index contributed by atoms with van der Waals surface area (Å²) in [6.07, 6.45) is 19.5. The van der Waals surface area contributed by atoms with Crippen LogP contribution in [-0.4, -0.2) is 26.8 Å². The molecular formula is C22H48AsO4P-. The molecule has 0 aromatic heterocycles. The summed E-state index contributed by atoms with van der Waals surface area (Å²) in [5.74, 6) is 0. The molecule has 0 aromatic carbocycles. The van der Waals surface area contributed by atoms with Gasteiger partial charge in [0.25, 0.3) is 0 Å². The summed E-state index contributed by atoms with van der Waals surface area (Å²) < 4.78 is 21.6. The van der Waals surface area contributed by atoms with Gasteiger partial charge in [0.2, 0.25) is 0 Å². The molecule has 28 heavy (non-hydrogen) atoms. The Kier molecular flexibility index (Phi) is 18.9. The number of hydrogen-bond acceptors (Lipinski definition) is 4. The van der Waals surface area contributed by atoms with Crippen molar-refractivity contribution < 1.29 is 18.5 Å². The van der Waals surface area contributed by atoms with E-state index in [1.165, 1.54) is 83.5 Å². The maximum atomic E-state index is 11.7. The molecule has 6 heteroatoms. The van der Waals surface area contributed by atoms with E-state index in [0.29, 0.717) is 0 Å². The summed E-state index contributed by atoms with van der Waals surface area (Å²) in [7, 11) is -4.09. The van der Waals surface area contributed by atoms with E-state index in [1.54, 1.807) is 0 Å². The van der Waals surface area contributed by atoms with E-state index in [1.807, 2.05) is 0 Å². The first-order chi connectivity index (χ1) is 13.3. The summed E-state index contributed by atoms with van der Waals surface area (Å²) in [5.41, 5.74) is 6.69. The van der Waals surface area contributed by atoms with Gasteiger partial charge in [-0.2, -0.15) is 0 Å². The second-order valence-corrected chi connectivity index (χ2v) is 21.0. The van der Waals surface area contributed by atoms with E-state index in [0.717, 1.165) is 18.1 Å². The summed E-state index contributed by atoms with van der Waals surface area (Å²) >= 11 is -1.59. The predicted molar refractivity (Wildman–Crippen MR) is 123 cm³/mol. The minimum absolute atomic E-state index is 0.259. The van der Waals surface area contributed by atoms with Gasteiger partial charge in [-0.25, -0.2) is 0 Å². The van der Waals surface area contributed by atoms with Crippen LogP contribution in [0.5, 0.6) is 0 Å². The number of hydrogen-bond donors (Lipinski definition) is 0. The van der Waals surface area contributed by atoms with Gasteiger partial charge in [-0.3, -0.25) is 0 Å². The molecule has 0 amide bonds. The molecule has 0 saturated heterocycles. The van der Waals surface area contributed by atoms with Gasteiger partial charge in [-0.05, 0) is 0 Å². The Balaban J connectivity index is 3.29. The van der Waals surface area contributed by atoms with Crippen molar-refractivity contribution in [3.63, 3.8) is 0 Å². The van der Waals surface area contributed by atoms with Crippen LogP contribution < -0.4 is 4.89 Å². The van der Waals surface area contributed by atoms with Gasteiger partial charge in [0.05, 0.1) is 0 Å². The fourth-order valence-electron chi connectivity index (χ4n) is 3.11. The van der Waals surface area contributed by atoms with Gasteiger partial charge in [0.1, 0.15) is 0 Å². The molecule has 0 saturated carbocycles. The Bertz CT molecular complexity index is 385. The van der Waals surface area contributed by atoms with E-state index in [4.69, 9.17) is 9.05 Å². The van der Waals surface area contributed by atoms with E-state index < -0.39 is 21.4 Å². The van der Waals surface area contributed by atoms with Crippen molar-refractivity contribution in [3.8, 4) is 0 Å². The minimum atomic E-state index is -4.09. The zero-order valence-corrected chi connectivity index (χ0v) is 22.0. The van der Waals surface area contributed by atoms with Gasteiger partial charge in [-0.15, -0.1) is 0 Å². The first-order valence-electron chi connectivity index (χ1n) is 11.7. The van der Waals surface area contributed by atoms with Crippen LogP contribution in [-0.2, 0) is 13.6 Å². The Labute approximate surface area is 178 Å². The van der Waals surface area contributed by atoms with Crippen molar-refractivity contribution in [1.82, 2.24) is 0 Å². The molecule has 0 aromatic rings. The van der Waals surface area contributed by atoms with Crippen LogP contribution in [0.25, 0.3) is 0 Å². The second kappa shape index (κ2) is 18.4. The van der Waals surface area contributed by atoms with Crippen LogP contribution in [0.15, 0.2) is 0 Å². The molecule has 0 fully saturated rings. The molecule has 0 spiro atoms. The predicted octanol–water partition coefficient (Wildman–Crippen LogP) is 7.70. The normalized spacial score (nSPS) is 14.3.